The third kappa shape index (κ3) is 9.18. The van der Waals surface area contributed by atoms with Gasteiger partial charge in [0.25, 0.3) is 0 Å². The first-order valence-electron chi connectivity index (χ1n) is 20.7. The summed E-state index contributed by atoms with van der Waals surface area (Å²) >= 11 is 0. The summed E-state index contributed by atoms with van der Waals surface area (Å²) in [5.74, 6) is 1.39. The highest BCUT2D eigenvalue weighted by Crippen LogP contribution is 2.37. The van der Waals surface area contributed by atoms with Crippen molar-refractivity contribution in [2.24, 2.45) is 5.92 Å². The Morgan fingerprint density at radius 3 is 2.42 bits per heavy atom. The average Bonchev–Trinajstić information content (AvgIpc) is 3.67. The molecule has 322 valence electrons. The molecule has 0 unspecified atom stereocenters. The molecule has 62 heavy (non-hydrogen) atoms. The van der Waals surface area contributed by atoms with Gasteiger partial charge < -0.3 is 40.3 Å². The van der Waals surface area contributed by atoms with Crippen LogP contribution in [0.4, 0.5) is 34.5 Å². The molecule has 0 spiro atoms. The molecule has 1 fully saturated rings. The standard InChI is InChI=1S/C46H52N10O6/c1-6-10-32-23-35(40(59)25-39(32)58)42-51-52-46(61)56(42)33-15-13-30(14-16-33)26-47-44(60)31-19-21-55(22-20-31)34-17-18-36(41(24-34)62-7-2)49-45-48-27-38(53(4)28-57)43(50-45)54(5)37-12-9-8-11-29(37)3/h8-9,11-18,23-25,27-28,31,58-59H,6-7,10,19-22,26H2,1-5H3,(H,47,60)(H,52,61)(H,48,49,50). The van der Waals surface area contributed by atoms with E-state index in [1.54, 1.807) is 31.4 Å². The molecule has 1 aliphatic heterocycles. The number of ether oxygens (including phenoxy) is 1. The Labute approximate surface area is 359 Å². The number of carbonyl (C=O) groups excluding carboxylic acids is 2. The van der Waals surface area contributed by atoms with E-state index < -0.39 is 5.69 Å². The fourth-order valence-electron chi connectivity index (χ4n) is 7.72. The minimum absolute atomic E-state index is 0.0104. The van der Waals surface area contributed by atoms with Gasteiger partial charge in [-0.3, -0.25) is 9.59 Å². The van der Waals surface area contributed by atoms with Crippen LogP contribution in [0.2, 0.25) is 0 Å². The molecular formula is C46H52N10O6. The summed E-state index contributed by atoms with van der Waals surface area (Å²) in [4.78, 5) is 53.0. The van der Waals surface area contributed by atoms with Crippen molar-refractivity contribution in [1.29, 1.82) is 0 Å². The molecule has 0 atom stereocenters. The summed E-state index contributed by atoms with van der Waals surface area (Å²) in [6.45, 7) is 8.08. The maximum atomic E-state index is 13.3. The number of carbonyl (C=O) groups is 2. The van der Waals surface area contributed by atoms with Gasteiger partial charge in [0.1, 0.15) is 22.9 Å². The number of H-pyrrole nitrogens is 1. The van der Waals surface area contributed by atoms with E-state index in [1.165, 1.54) is 15.5 Å². The summed E-state index contributed by atoms with van der Waals surface area (Å²) < 4.78 is 7.45. The molecule has 7 rings (SSSR count). The van der Waals surface area contributed by atoms with Crippen LogP contribution in [0.3, 0.4) is 0 Å². The third-order valence-electron chi connectivity index (χ3n) is 11.1. The fourth-order valence-corrected chi connectivity index (χ4v) is 7.72. The largest absolute Gasteiger partial charge is 0.508 e. The molecule has 16 heteroatoms. The van der Waals surface area contributed by atoms with Crippen molar-refractivity contribution < 1.29 is 24.5 Å². The van der Waals surface area contributed by atoms with E-state index in [0.29, 0.717) is 91.2 Å². The third-order valence-corrected chi connectivity index (χ3v) is 11.1. The van der Waals surface area contributed by atoms with E-state index >= 15 is 0 Å². The highest BCUT2D eigenvalue weighted by atomic mass is 16.5. The number of hydrogen-bond donors (Lipinski definition) is 5. The normalized spacial score (nSPS) is 12.8. The van der Waals surface area contributed by atoms with E-state index in [4.69, 9.17) is 9.72 Å². The van der Waals surface area contributed by atoms with E-state index in [9.17, 15) is 24.6 Å². The first-order valence-corrected chi connectivity index (χ1v) is 20.7. The maximum absolute atomic E-state index is 13.3. The summed E-state index contributed by atoms with van der Waals surface area (Å²) in [7, 11) is 3.57. The number of aromatic hydroxyl groups is 2. The van der Waals surface area contributed by atoms with Crippen LogP contribution in [0.1, 0.15) is 49.8 Å². The van der Waals surface area contributed by atoms with Crippen molar-refractivity contribution >= 4 is 46.8 Å². The lowest BCUT2D eigenvalue weighted by atomic mass is 9.95. The van der Waals surface area contributed by atoms with E-state index in [1.807, 2.05) is 87.3 Å². The molecule has 2 amide bonds. The van der Waals surface area contributed by atoms with Crippen LogP contribution in [-0.2, 0) is 22.6 Å². The van der Waals surface area contributed by atoms with Gasteiger partial charge >= 0.3 is 5.69 Å². The lowest BCUT2D eigenvalue weighted by Crippen LogP contribution is -2.40. The molecule has 6 aromatic rings. The van der Waals surface area contributed by atoms with Gasteiger partial charge in [0.15, 0.2) is 11.6 Å². The van der Waals surface area contributed by atoms with Crippen LogP contribution in [-0.4, -0.2) is 81.1 Å². The summed E-state index contributed by atoms with van der Waals surface area (Å²) in [5, 5.41) is 34.0. The number of rotatable bonds is 16. The summed E-state index contributed by atoms with van der Waals surface area (Å²) in [6, 6.07) is 24.0. The smallest absolute Gasteiger partial charge is 0.348 e. The highest BCUT2D eigenvalue weighted by Gasteiger charge is 2.26. The van der Waals surface area contributed by atoms with Crippen molar-refractivity contribution in [1.82, 2.24) is 30.0 Å². The highest BCUT2D eigenvalue weighted by molar-refractivity contribution is 5.84. The van der Waals surface area contributed by atoms with Crippen LogP contribution in [0.25, 0.3) is 17.1 Å². The molecule has 5 N–H and O–H groups in total. The second-order valence-corrected chi connectivity index (χ2v) is 15.3. The fraction of sp³-hybridized carbons (Fsp3) is 0.304. The van der Waals surface area contributed by atoms with Gasteiger partial charge in [0, 0.05) is 63.2 Å². The van der Waals surface area contributed by atoms with Gasteiger partial charge in [-0.15, -0.1) is 0 Å². The minimum Gasteiger partial charge on any atom is -0.508 e. The van der Waals surface area contributed by atoms with Gasteiger partial charge in [-0.25, -0.2) is 19.4 Å². The van der Waals surface area contributed by atoms with Crippen LogP contribution in [0.5, 0.6) is 17.2 Å². The molecule has 1 aliphatic rings. The average molecular weight is 841 g/mol. The topological polar surface area (TPSA) is 194 Å². The Kier molecular flexibility index (Phi) is 13.0. The second-order valence-electron chi connectivity index (χ2n) is 15.3. The molecule has 0 radical (unpaired) electrons. The zero-order chi connectivity index (χ0) is 43.9. The Morgan fingerprint density at radius 2 is 1.71 bits per heavy atom. The van der Waals surface area contributed by atoms with Gasteiger partial charge in [0.2, 0.25) is 18.3 Å². The lowest BCUT2D eigenvalue weighted by molar-refractivity contribution is -0.125. The second kappa shape index (κ2) is 18.9. The van der Waals surface area contributed by atoms with Crippen molar-refractivity contribution in [3.8, 4) is 34.3 Å². The van der Waals surface area contributed by atoms with E-state index in [2.05, 4.69) is 30.7 Å². The maximum Gasteiger partial charge on any atom is 0.348 e. The van der Waals surface area contributed by atoms with Crippen molar-refractivity contribution in [3.05, 3.63) is 112 Å². The minimum atomic E-state index is -0.475. The van der Waals surface area contributed by atoms with Gasteiger partial charge in [-0.05, 0) is 86.2 Å². The number of nitrogens with zero attached hydrogens (tertiary/aromatic N) is 7. The first kappa shape index (κ1) is 42.8. The van der Waals surface area contributed by atoms with Gasteiger partial charge in [-0.1, -0.05) is 43.7 Å². The van der Waals surface area contributed by atoms with Crippen molar-refractivity contribution in [2.75, 3.05) is 53.8 Å². The number of aromatic amines is 1. The number of amides is 2. The number of benzene rings is 4. The summed E-state index contributed by atoms with van der Waals surface area (Å²) in [5.41, 5.74) is 6.11. The van der Waals surface area contributed by atoms with Crippen molar-refractivity contribution in [3.63, 3.8) is 0 Å². The lowest BCUT2D eigenvalue weighted by Gasteiger charge is -2.33. The molecule has 2 aromatic heterocycles. The summed E-state index contributed by atoms with van der Waals surface area (Å²) in [6.07, 6.45) is 5.10. The van der Waals surface area contributed by atoms with E-state index in [-0.39, 0.29) is 29.1 Å². The molecule has 4 aromatic carbocycles. The first-order chi connectivity index (χ1) is 30.0. The number of aromatic nitrogens is 5. The Bertz CT molecular complexity index is 2600. The number of nitrogens with one attached hydrogen (secondary N) is 3. The number of anilines is 6. The zero-order valence-corrected chi connectivity index (χ0v) is 35.6. The molecule has 0 saturated carbocycles. The quantitative estimate of drug-likeness (QED) is 0.0647. The number of aryl methyl sites for hydroxylation is 2. The van der Waals surface area contributed by atoms with Crippen LogP contribution in [0.15, 0.2) is 89.9 Å². The Morgan fingerprint density at radius 1 is 0.968 bits per heavy atom. The molecule has 3 heterocycles. The SMILES string of the molecule is CCCc1cc(-c2n[nH]c(=O)n2-c2ccc(CNC(=O)C3CCN(c4ccc(Nc5ncc(N(C)C=O)c(N(C)c6ccccc6C)n5)c(OCC)c4)CC3)cc2)c(O)cc1O. The number of piperidine rings is 1. The van der Waals surface area contributed by atoms with Gasteiger partial charge in [0.05, 0.1) is 29.7 Å². The van der Waals surface area contributed by atoms with Gasteiger partial charge in [-0.2, -0.15) is 10.1 Å². The molecule has 16 nitrogen and oxygen atoms in total. The Balaban J connectivity index is 0.974. The number of hydrogen-bond acceptors (Lipinski definition) is 12. The Hall–Kier alpha value is -7.36. The van der Waals surface area contributed by atoms with Crippen LogP contribution >= 0.6 is 0 Å². The predicted octanol–water partition coefficient (Wildman–Crippen LogP) is 6.73. The number of para-hydroxylation sites is 1. The van der Waals surface area contributed by atoms with Crippen LogP contribution < -0.4 is 35.8 Å². The van der Waals surface area contributed by atoms with E-state index in [0.717, 1.165) is 35.3 Å². The zero-order valence-electron chi connectivity index (χ0n) is 35.6. The predicted molar refractivity (Wildman–Crippen MR) is 240 cm³/mol. The van der Waals surface area contributed by atoms with Crippen LogP contribution in [0, 0.1) is 12.8 Å². The molecular weight excluding hydrogens is 789 g/mol. The molecule has 1 saturated heterocycles. The number of phenols is 2. The monoisotopic (exact) mass is 840 g/mol. The van der Waals surface area contributed by atoms with Crippen molar-refractivity contribution in [2.45, 2.75) is 53.0 Å². The number of phenolic OH excluding ortho intramolecular Hbond substituents is 2. The molecule has 0 bridgehead atoms. The molecule has 0 aliphatic carbocycles.